The fourth-order valence-corrected chi connectivity index (χ4v) is 3.68. The van der Waals surface area contributed by atoms with Gasteiger partial charge in [0.25, 0.3) is 5.56 Å². The molecule has 7 nitrogen and oxygen atoms in total. The number of hydrogen-bond donors (Lipinski definition) is 1. The molecule has 0 saturated carbocycles. The molecule has 4 rings (SSSR count). The highest BCUT2D eigenvalue weighted by atomic mass is 35.5. The monoisotopic (exact) mass is 453 g/mol. The lowest BCUT2D eigenvalue weighted by molar-refractivity contribution is 0.623. The third-order valence-corrected chi connectivity index (χ3v) is 5.56. The van der Waals surface area contributed by atoms with Gasteiger partial charge in [0.15, 0.2) is 22.4 Å². The summed E-state index contributed by atoms with van der Waals surface area (Å²) >= 11 is 5.79. The van der Waals surface area contributed by atoms with E-state index in [2.05, 4.69) is 59.8 Å². The summed E-state index contributed by atoms with van der Waals surface area (Å²) in [5.41, 5.74) is 1.94. The molecule has 0 bridgehead atoms. The second kappa shape index (κ2) is 8.27. The van der Waals surface area contributed by atoms with E-state index >= 15 is 0 Å². The molecule has 0 radical (unpaired) electrons. The molecule has 0 spiro atoms. The van der Waals surface area contributed by atoms with Crippen LogP contribution in [0.4, 0.5) is 4.39 Å². The van der Waals surface area contributed by atoms with Crippen molar-refractivity contribution in [3.05, 3.63) is 79.6 Å². The van der Waals surface area contributed by atoms with Crippen molar-refractivity contribution >= 4 is 22.6 Å². The van der Waals surface area contributed by atoms with Gasteiger partial charge in [0.05, 0.1) is 23.5 Å². The topological polar surface area (TPSA) is 93.5 Å². The molecule has 0 aliphatic carbocycles. The molecular formula is C23H21ClFN5O2. The summed E-state index contributed by atoms with van der Waals surface area (Å²) in [5.74, 6) is 0.312. The summed E-state index contributed by atoms with van der Waals surface area (Å²) in [4.78, 5) is 39.6. The molecule has 164 valence electrons. The summed E-state index contributed by atoms with van der Waals surface area (Å²) in [6.07, 6.45) is 2.92. The van der Waals surface area contributed by atoms with E-state index in [0.29, 0.717) is 11.7 Å². The molecule has 0 aliphatic rings. The second-order valence-electron chi connectivity index (χ2n) is 8.15. The number of nitrogens with one attached hydrogen (secondary N) is 1. The van der Waals surface area contributed by atoms with Crippen LogP contribution in [0.2, 0.25) is 5.15 Å². The maximum Gasteiger partial charge on any atom is 0.334 e. The number of fused-ring (bicyclic) bond motifs is 1. The number of aromatic amines is 1. The lowest BCUT2D eigenvalue weighted by atomic mass is 9.91. The highest BCUT2D eigenvalue weighted by Crippen LogP contribution is 2.30. The highest BCUT2D eigenvalue weighted by molar-refractivity contribution is 6.29. The average Bonchev–Trinajstić information content (AvgIpc) is 2.75. The molecule has 0 unspecified atom stereocenters. The number of hydrogen-bond acceptors (Lipinski definition) is 5. The summed E-state index contributed by atoms with van der Waals surface area (Å²) in [6.45, 7) is 8.50. The lowest BCUT2D eigenvalue weighted by Crippen LogP contribution is -2.30. The molecule has 0 saturated heterocycles. The van der Waals surface area contributed by atoms with Crippen LogP contribution in [0.1, 0.15) is 50.7 Å². The first-order chi connectivity index (χ1) is 15.2. The van der Waals surface area contributed by atoms with Crippen LogP contribution in [0.3, 0.4) is 0 Å². The first-order valence-corrected chi connectivity index (χ1v) is 10.5. The molecule has 0 aliphatic heterocycles. The van der Waals surface area contributed by atoms with Crippen molar-refractivity contribution in [3.63, 3.8) is 0 Å². The van der Waals surface area contributed by atoms with E-state index in [1.54, 1.807) is 0 Å². The van der Waals surface area contributed by atoms with Crippen LogP contribution in [-0.4, -0.2) is 24.5 Å². The van der Waals surface area contributed by atoms with Crippen LogP contribution in [0.25, 0.3) is 28.1 Å². The van der Waals surface area contributed by atoms with Crippen molar-refractivity contribution in [1.29, 1.82) is 0 Å². The molecule has 0 atom stereocenters. The van der Waals surface area contributed by atoms with E-state index in [1.165, 1.54) is 18.0 Å². The normalized spacial score (nSPS) is 11.6. The van der Waals surface area contributed by atoms with E-state index in [9.17, 15) is 14.0 Å². The van der Waals surface area contributed by atoms with Gasteiger partial charge >= 0.3 is 5.69 Å². The molecule has 9 heteroatoms. The number of nitrogens with zero attached hydrogens (tertiary/aromatic N) is 4. The quantitative estimate of drug-likeness (QED) is 0.457. The Morgan fingerprint density at radius 3 is 2.34 bits per heavy atom. The second-order valence-corrected chi connectivity index (χ2v) is 8.51. The van der Waals surface area contributed by atoms with Gasteiger partial charge in [-0.25, -0.2) is 28.7 Å². The minimum Gasteiger partial charge on any atom is -0.273 e. The Balaban J connectivity index is 1.86. The molecule has 3 heterocycles. The number of aromatic nitrogens is 5. The number of benzene rings is 1. The number of halogens is 2. The van der Waals surface area contributed by atoms with E-state index in [4.69, 9.17) is 11.6 Å². The summed E-state index contributed by atoms with van der Waals surface area (Å²) < 4.78 is 14.9. The van der Waals surface area contributed by atoms with Crippen LogP contribution in [0, 0.1) is 5.82 Å². The lowest BCUT2D eigenvalue weighted by Gasteiger charge is -2.16. The highest BCUT2D eigenvalue weighted by Gasteiger charge is 2.17. The van der Waals surface area contributed by atoms with Gasteiger partial charge in [-0.15, -0.1) is 0 Å². The summed E-state index contributed by atoms with van der Waals surface area (Å²) in [7, 11) is 0. The zero-order chi connectivity index (χ0) is 23.2. The largest absolute Gasteiger partial charge is 0.334 e. The Morgan fingerprint density at radius 2 is 1.72 bits per heavy atom. The maximum absolute atomic E-state index is 13.8. The van der Waals surface area contributed by atoms with E-state index in [-0.39, 0.29) is 22.6 Å². The first kappa shape index (κ1) is 21.8. The summed E-state index contributed by atoms with van der Waals surface area (Å²) in [6, 6.07) is 7.18. The smallest absolute Gasteiger partial charge is 0.273 e. The Labute approximate surface area is 188 Å². The third kappa shape index (κ3) is 3.82. The SMILES string of the molecule is CC(C)c1ccc(-c2ncc(-n3c(=O)[nH]c(=O)c4cc(F)c(Cl)nc43)cn2)c(C(C)C)c1. The van der Waals surface area contributed by atoms with Gasteiger partial charge < -0.3 is 0 Å². The fourth-order valence-electron chi connectivity index (χ4n) is 3.55. The van der Waals surface area contributed by atoms with Gasteiger partial charge in [-0.05, 0) is 29.0 Å². The Bertz CT molecular complexity index is 1440. The van der Waals surface area contributed by atoms with Gasteiger partial charge in [0.2, 0.25) is 0 Å². The fraction of sp³-hybridized carbons (Fsp3) is 0.261. The van der Waals surface area contributed by atoms with Crippen molar-refractivity contribution in [2.45, 2.75) is 39.5 Å². The van der Waals surface area contributed by atoms with Crippen molar-refractivity contribution in [2.75, 3.05) is 0 Å². The number of rotatable bonds is 4. The molecule has 1 aromatic carbocycles. The van der Waals surface area contributed by atoms with Gasteiger partial charge in [0, 0.05) is 5.56 Å². The number of H-pyrrole nitrogens is 1. The number of pyridine rings is 1. The van der Waals surface area contributed by atoms with Crippen molar-refractivity contribution in [2.24, 2.45) is 0 Å². The molecule has 0 amide bonds. The van der Waals surface area contributed by atoms with E-state index in [0.717, 1.165) is 21.8 Å². The predicted molar refractivity (Wildman–Crippen MR) is 122 cm³/mol. The van der Waals surface area contributed by atoms with Gasteiger partial charge in [-0.2, -0.15) is 0 Å². The van der Waals surface area contributed by atoms with E-state index in [1.807, 2.05) is 6.07 Å². The minimum atomic E-state index is -0.854. The van der Waals surface area contributed by atoms with E-state index < -0.39 is 22.2 Å². The maximum atomic E-state index is 13.8. The third-order valence-electron chi connectivity index (χ3n) is 5.29. The summed E-state index contributed by atoms with van der Waals surface area (Å²) in [5, 5.41) is -0.553. The Morgan fingerprint density at radius 1 is 1.03 bits per heavy atom. The van der Waals surface area contributed by atoms with Gasteiger partial charge in [0.1, 0.15) is 0 Å². The predicted octanol–water partition coefficient (Wildman–Crippen LogP) is 4.57. The molecule has 1 N–H and O–H groups in total. The zero-order valence-electron chi connectivity index (χ0n) is 18.0. The zero-order valence-corrected chi connectivity index (χ0v) is 18.7. The Hall–Kier alpha value is -3.39. The van der Waals surface area contributed by atoms with Crippen LogP contribution in [0.5, 0.6) is 0 Å². The van der Waals surface area contributed by atoms with Crippen molar-refractivity contribution < 1.29 is 4.39 Å². The van der Waals surface area contributed by atoms with Crippen LogP contribution < -0.4 is 11.2 Å². The van der Waals surface area contributed by atoms with Crippen LogP contribution in [0.15, 0.2) is 46.2 Å². The van der Waals surface area contributed by atoms with Crippen molar-refractivity contribution in [1.82, 2.24) is 24.5 Å². The molecule has 32 heavy (non-hydrogen) atoms. The van der Waals surface area contributed by atoms with Gasteiger partial charge in [-0.3, -0.25) is 9.78 Å². The molecule has 0 fully saturated rings. The van der Waals surface area contributed by atoms with Crippen LogP contribution in [-0.2, 0) is 0 Å². The molecular weight excluding hydrogens is 433 g/mol. The molecule has 4 aromatic rings. The minimum absolute atomic E-state index is 0.0781. The van der Waals surface area contributed by atoms with Crippen LogP contribution >= 0.6 is 11.6 Å². The molecule has 3 aromatic heterocycles. The van der Waals surface area contributed by atoms with Crippen molar-refractivity contribution in [3.8, 4) is 17.1 Å². The Kier molecular flexibility index (Phi) is 5.64. The first-order valence-electron chi connectivity index (χ1n) is 10.1. The average molecular weight is 454 g/mol. The van der Waals surface area contributed by atoms with Gasteiger partial charge in [-0.1, -0.05) is 57.5 Å². The standard InChI is InChI=1S/C23H21ClFN5O2/c1-11(2)13-5-6-15(16(7-13)12(3)4)20-26-9-14(10-27-20)30-21-17(22(31)29-23(30)32)8-18(25)19(24)28-21/h5-12H,1-4H3,(H,29,31,32).